The zero-order valence-corrected chi connectivity index (χ0v) is 8.95. The molecule has 0 N–H and O–H groups in total. The van der Waals surface area contributed by atoms with Gasteiger partial charge in [-0.1, -0.05) is 41.2 Å². The minimum atomic E-state index is -0.359. The molecule has 3 nitrogen and oxygen atoms in total. The highest BCUT2D eigenvalue weighted by atomic mass is 32.1. The van der Waals surface area contributed by atoms with Crippen molar-refractivity contribution in [1.82, 2.24) is 0 Å². The predicted molar refractivity (Wildman–Crippen MR) is 61.1 cm³/mol. The first-order valence-corrected chi connectivity index (χ1v) is 5.30. The number of rotatable bonds is 2. The molecule has 0 aliphatic rings. The van der Waals surface area contributed by atoms with E-state index in [1.807, 2.05) is 31.2 Å². The number of benzene rings is 1. The fourth-order valence-corrected chi connectivity index (χ4v) is 2.12. The van der Waals surface area contributed by atoms with Crippen LogP contribution in [0.4, 0.5) is 5.00 Å². The van der Waals surface area contributed by atoms with Gasteiger partial charge in [-0.2, -0.15) is 0 Å². The van der Waals surface area contributed by atoms with Crippen LogP contribution in [0.3, 0.4) is 0 Å². The van der Waals surface area contributed by atoms with Crippen LogP contribution in [0.1, 0.15) is 5.56 Å². The minimum absolute atomic E-state index is 0.186. The Morgan fingerprint density at radius 3 is 2.33 bits per heavy atom. The van der Waals surface area contributed by atoms with E-state index in [-0.39, 0.29) is 9.92 Å². The molecule has 1 aromatic heterocycles. The van der Waals surface area contributed by atoms with Crippen molar-refractivity contribution in [2.75, 3.05) is 0 Å². The monoisotopic (exact) mass is 219 g/mol. The molecule has 0 unspecified atom stereocenters. The standard InChI is InChI=1S/C11H9NO2S/c1-8-2-4-9(5-3-8)10-6-7-11(15-10)12(13)14/h2-7H,1H3. The second-order valence-corrected chi connectivity index (χ2v) is 4.32. The lowest BCUT2D eigenvalue weighted by atomic mass is 10.1. The first-order valence-electron chi connectivity index (χ1n) is 4.48. The third kappa shape index (κ3) is 2.05. The molecular formula is C11H9NO2S. The molecule has 0 aliphatic carbocycles. The Labute approximate surface area is 91.1 Å². The highest BCUT2D eigenvalue weighted by Gasteiger charge is 2.10. The average molecular weight is 219 g/mol. The van der Waals surface area contributed by atoms with Gasteiger partial charge in [0.1, 0.15) is 0 Å². The largest absolute Gasteiger partial charge is 0.324 e. The molecule has 0 aliphatic heterocycles. The number of aryl methyl sites for hydroxylation is 1. The summed E-state index contributed by atoms with van der Waals surface area (Å²) in [4.78, 5) is 11.1. The van der Waals surface area contributed by atoms with Crippen LogP contribution in [-0.4, -0.2) is 4.92 Å². The van der Waals surface area contributed by atoms with Gasteiger partial charge in [-0.25, -0.2) is 0 Å². The average Bonchev–Trinajstić information content (AvgIpc) is 2.68. The van der Waals surface area contributed by atoms with Crippen LogP contribution < -0.4 is 0 Å². The van der Waals surface area contributed by atoms with E-state index in [0.717, 1.165) is 10.4 Å². The van der Waals surface area contributed by atoms with Gasteiger partial charge in [-0.05, 0) is 18.6 Å². The van der Waals surface area contributed by atoms with Crippen molar-refractivity contribution in [1.29, 1.82) is 0 Å². The van der Waals surface area contributed by atoms with Gasteiger partial charge in [0.15, 0.2) is 0 Å². The number of nitro groups is 1. The fourth-order valence-electron chi connectivity index (χ4n) is 1.30. The van der Waals surface area contributed by atoms with E-state index in [1.165, 1.54) is 16.9 Å². The first kappa shape index (κ1) is 9.86. The normalized spacial score (nSPS) is 10.2. The van der Waals surface area contributed by atoms with E-state index in [2.05, 4.69) is 0 Å². The van der Waals surface area contributed by atoms with Crippen LogP contribution in [-0.2, 0) is 0 Å². The molecule has 0 atom stereocenters. The van der Waals surface area contributed by atoms with Gasteiger partial charge in [-0.3, -0.25) is 10.1 Å². The SMILES string of the molecule is Cc1ccc(-c2ccc([N+](=O)[O-])s2)cc1. The summed E-state index contributed by atoms with van der Waals surface area (Å²) in [7, 11) is 0. The van der Waals surface area contributed by atoms with E-state index < -0.39 is 0 Å². The highest BCUT2D eigenvalue weighted by Crippen LogP contribution is 2.32. The van der Waals surface area contributed by atoms with Crippen molar-refractivity contribution >= 4 is 16.3 Å². The molecule has 0 bridgehead atoms. The van der Waals surface area contributed by atoms with Crippen molar-refractivity contribution in [3.63, 3.8) is 0 Å². The molecule has 2 aromatic rings. The molecule has 0 saturated heterocycles. The van der Waals surface area contributed by atoms with Crippen molar-refractivity contribution in [2.45, 2.75) is 6.92 Å². The maximum Gasteiger partial charge on any atom is 0.324 e. The minimum Gasteiger partial charge on any atom is -0.258 e. The van der Waals surface area contributed by atoms with Crippen molar-refractivity contribution < 1.29 is 4.92 Å². The van der Waals surface area contributed by atoms with Gasteiger partial charge in [0.2, 0.25) is 0 Å². The molecule has 4 heteroatoms. The van der Waals surface area contributed by atoms with Crippen LogP contribution in [0, 0.1) is 17.0 Å². The van der Waals surface area contributed by atoms with Gasteiger partial charge in [0.25, 0.3) is 0 Å². The summed E-state index contributed by atoms with van der Waals surface area (Å²) >= 11 is 1.20. The second kappa shape index (κ2) is 3.82. The van der Waals surface area contributed by atoms with E-state index in [0.29, 0.717) is 0 Å². The van der Waals surface area contributed by atoms with Gasteiger partial charge in [0.05, 0.1) is 4.92 Å². The Balaban J connectivity index is 2.37. The maximum absolute atomic E-state index is 10.5. The number of hydrogen-bond acceptors (Lipinski definition) is 3. The van der Waals surface area contributed by atoms with Crippen molar-refractivity contribution in [3.8, 4) is 10.4 Å². The van der Waals surface area contributed by atoms with Crippen LogP contribution in [0.5, 0.6) is 0 Å². The number of thiophene rings is 1. The summed E-state index contributed by atoms with van der Waals surface area (Å²) in [6.07, 6.45) is 0. The van der Waals surface area contributed by atoms with Crippen LogP contribution >= 0.6 is 11.3 Å². The molecule has 0 spiro atoms. The van der Waals surface area contributed by atoms with E-state index >= 15 is 0 Å². The molecule has 1 aromatic carbocycles. The van der Waals surface area contributed by atoms with Crippen LogP contribution in [0.15, 0.2) is 36.4 Å². The quantitative estimate of drug-likeness (QED) is 0.571. The second-order valence-electron chi connectivity index (χ2n) is 3.26. The maximum atomic E-state index is 10.5. The molecule has 15 heavy (non-hydrogen) atoms. The Hall–Kier alpha value is -1.68. The summed E-state index contributed by atoms with van der Waals surface area (Å²) in [5.41, 5.74) is 2.21. The predicted octanol–water partition coefficient (Wildman–Crippen LogP) is 3.63. The van der Waals surface area contributed by atoms with Gasteiger partial charge >= 0.3 is 5.00 Å². The summed E-state index contributed by atoms with van der Waals surface area (Å²) in [5.74, 6) is 0. The lowest BCUT2D eigenvalue weighted by molar-refractivity contribution is -0.380. The Morgan fingerprint density at radius 2 is 1.80 bits per heavy atom. The summed E-state index contributed by atoms with van der Waals surface area (Å²) in [6, 6.07) is 11.3. The summed E-state index contributed by atoms with van der Waals surface area (Å²) in [6.45, 7) is 2.01. The first-order chi connectivity index (χ1) is 7.16. The van der Waals surface area contributed by atoms with Gasteiger partial charge < -0.3 is 0 Å². The van der Waals surface area contributed by atoms with E-state index in [1.54, 1.807) is 12.1 Å². The highest BCUT2D eigenvalue weighted by molar-refractivity contribution is 7.18. The van der Waals surface area contributed by atoms with Crippen LogP contribution in [0.25, 0.3) is 10.4 Å². The smallest absolute Gasteiger partial charge is 0.258 e. The molecule has 1 heterocycles. The molecule has 0 radical (unpaired) electrons. The zero-order chi connectivity index (χ0) is 10.8. The zero-order valence-electron chi connectivity index (χ0n) is 8.14. The summed E-state index contributed by atoms with van der Waals surface area (Å²) < 4.78 is 0. The van der Waals surface area contributed by atoms with E-state index in [9.17, 15) is 10.1 Å². The Morgan fingerprint density at radius 1 is 1.13 bits per heavy atom. The molecule has 0 amide bonds. The molecule has 2 rings (SSSR count). The lowest BCUT2D eigenvalue weighted by Crippen LogP contribution is -1.80. The third-order valence-electron chi connectivity index (χ3n) is 2.11. The molecular weight excluding hydrogens is 210 g/mol. The van der Waals surface area contributed by atoms with Crippen molar-refractivity contribution in [3.05, 3.63) is 52.1 Å². The fraction of sp³-hybridized carbons (Fsp3) is 0.0909. The van der Waals surface area contributed by atoms with Gasteiger partial charge in [0, 0.05) is 10.9 Å². The summed E-state index contributed by atoms with van der Waals surface area (Å²) in [5, 5.41) is 10.7. The van der Waals surface area contributed by atoms with Gasteiger partial charge in [-0.15, -0.1) is 0 Å². The molecule has 76 valence electrons. The lowest BCUT2D eigenvalue weighted by Gasteiger charge is -1.96. The van der Waals surface area contributed by atoms with Crippen LogP contribution in [0.2, 0.25) is 0 Å². The molecule has 0 saturated carbocycles. The Kier molecular flexibility index (Phi) is 2.51. The Bertz CT molecular complexity index is 488. The number of nitrogens with zero attached hydrogens (tertiary/aromatic N) is 1. The van der Waals surface area contributed by atoms with Crippen molar-refractivity contribution in [2.24, 2.45) is 0 Å². The third-order valence-corrected chi connectivity index (χ3v) is 3.19. The molecule has 0 fully saturated rings. The van der Waals surface area contributed by atoms with E-state index in [4.69, 9.17) is 0 Å². The topological polar surface area (TPSA) is 43.1 Å². The number of hydrogen-bond donors (Lipinski definition) is 0.